The number of rotatable bonds is 12. The molecular weight excluding hydrogens is 408 g/mol. The molecule has 0 aliphatic carbocycles. The van der Waals surface area contributed by atoms with Crippen LogP contribution in [0.3, 0.4) is 0 Å². The Bertz CT molecular complexity index is 782. The molecule has 0 saturated carbocycles. The van der Waals surface area contributed by atoms with Crippen LogP contribution in [-0.2, 0) is 19.5 Å². The summed E-state index contributed by atoms with van der Waals surface area (Å²) in [5.41, 5.74) is 0.821. The van der Waals surface area contributed by atoms with E-state index >= 15 is 0 Å². The average molecular weight is 435 g/mol. The molecule has 0 amide bonds. The highest BCUT2D eigenvalue weighted by molar-refractivity contribution is 7.95. The third kappa shape index (κ3) is 7.61. The van der Waals surface area contributed by atoms with Gasteiger partial charge in [-0.2, -0.15) is 8.42 Å². The molecule has 0 saturated heterocycles. The van der Waals surface area contributed by atoms with Gasteiger partial charge in [0.15, 0.2) is 11.6 Å². The van der Waals surface area contributed by atoms with Crippen LogP contribution in [0.5, 0.6) is 0 Å². The quantitative estimate of drug-likeness (QED) is 0.164. The van der Waals surface area contributed by atoms with Crippen molar-refractivity contribution in [2.24, 2.45) is 0 Å². The second-order valence-electron chi connectivity index (χ2n) is 7.64. The molecule has 2 N–H and O–H groups in total. The van der Waals surface area contributed by atoms with Gasteiger partial charge in [-0.05, 0) is 40.5 Å². The summed E-state index contributed by atoms with van der Waals surface area (Å²) in [4.78, 5) is 24.6. The zero-order valence-electron chi connectivity index (χ0n) is 16.3. The van der Waals surface area contributed by atoms with Crippen LogP contribution in [0.15, 0.2) is 24.3 Å². The lowest BCUT2D eigenvalue weighted by Crippen LogP contribution is -2.31. The summed E-state index contributed by atoms with van der Waals surface area (Å²) in [6.45, 7) is 6.38. The molecular formula is C18H26O8S2. The Morgan fingerprint density at radius 3 is 1.79 bits per heavy atom. The largest absolute Gasteiger partial charge is 0.294 e. The van der Waals surface area contributed by atoms with Gasteiger partial charge in [-0.15, -0.1) is 4.33 Å². The highest BCUT2D eigenvalue weighted by atomic mass is 32.2. The van der Waals surface area contributed by atoms with Gasteiger partial charge in [0, 0.05) is 40.8 Å². The van der Waals surface area contributed by atoms with E-state index in [2.05, 4.69) is 9.37 Å². The SMILES string of the molecule is CC(C)(CCC(=O)c1ccc(C(=O)CCC(C)(C)S(=O)(=O)O)cc1)SOOO. The van der Waals surface area contributed by atoms with Crippen molar-refractivity contribution in [3.63, 3.8) is 0 Å². The molecule has 0 atom stereocenters. The molecule has 28 heavy (non-hydrogen) atoms. The third-order valence-electron chi connectivity index (χ3n) is 4.43. The number of hydrogen-bond acceptors (Lipinski definition) is 8. The smallest absolute Gasteiger partial charge is 0.270 e. The molecule has 0 heterocycles. The molecule has 158 valence electrons. The van der Waals surface area contributed by atoms with Crippen molar-refractivity contribution in [2.75, 3.05) is 0 Å². The molecule has 1 aromatic carbocycles. The zero-order chi connectivity index (χ0) is 21.6. The molecule has 0 spiro atoms. The van der Waals surface area contributed by atoms with Gasteiger partial charge in [-0.3, -0.25) is 14.1 Å². The average Bonchev–Trinajstić information content (AvgIpc) is 2.62. The number of Topliss-reactive ketones (excluding diaryl/α,β-unsaturated/α-hetero) is 2. The number of carbonyl (C=O) groups is 2. The van der Waals surface area contributed by atoms with Crippen molar-refractivity contribution < 1.29 is 37.2 Å². The van der Waals surface area contributed by atoms with Crippen molar-refractivity contribution >= 4 is 33.7 Å². The fourth-order valence-corrected chi connectivity index (χ4v) is 3.00. The van der Waals surface area contributed by atoms with Gasteiger partial charge in [0.2, 0.25) is 0 Å². The molecule has 0 aromatic heterocycles. The minimum atomic E-state index is -4.25. The maximum Gasteiger partial charge on any atom is 0.270 e. The second-order valence-corrected chi connectivity index (χ2v) is 11.1. The van der Waals surface area contributed by atoms with Gasteiger partial charge < -0.3 is 0 Å². The van der Waals surface area contributed by atoms with Gasteiger partial charge in [0.1, 0.15) is 0 Å². The van der Waals surface area contributed by atoms with Crippen molar-refractivity contribution in [1.29, 1.82) is 0 Å². The second kappa shape index (κ2) is 9.95. The molecule has 1 aromatic rings. The monoisotopic (exact) mass is 434 g/mol. The standard InChI is InChI=1S/C18H26O8S2/c1-17(2,27-26-25-21)11-9-15(19)13-5-7-14(8-6-13)16(20)10-12-18(3,4)28(22,23)24/h5-8,21H,9-12H2,1-4H3,(H,22,23,24). The number of benzene rings is 1. The Morgan fingerprint density at radius 2 is 1.39 bits per heavy atom. The van der Waals surface area contributed by atoms with Crippen molar-refractivity contribution in [3.8, 4) is 0 Å². The topological polar surface area (TPSA) is 127 Å². The van der Waals surface area contributed by atoms with Crippen LogP contribution >= 0.6 is 12.0 Å². The number of hydrogen-bond donors (Lipinski definition) is 2. The summed E-state index contributed by atoms with van der Waals surface area (Å²) >= 11 is 0.902. The van der Waals surface area contributed by atoms with Crippen molar-refractivity contribution in [2.45, 2.75) is 62.9 Å². The van der Waals surface area contributed by atoms with E-state index in [-0.39, 0.29) is 30.8 Å². The van der Waals surface area contributed by atoms with Crippen LogP contribution in [-0.4, -0.2) is 39.3 Å². The first-order valence-corrected chi connectivity index (χ1v) is 10.8. The fourth-order valence-electron chi connectivity index (χ4n) is 2.24. The zero-order valence-corrected chi connectivity index (χ0v) is 17.9. The Labute approximate surface area is 169 Å². The fraction of sp³-hybridized carbons (Fsp3) is 0.556. The summed E-state index contributed by atoms with van der Waals surface area (Å²) in [5.74, 6) is -0.375. The third-order valence-corrected chi connectivity index (χ3v) is 6.81. The maximum absolute atomic E-state index is 12.3. The van der Waals surface area contributed by atoms with Crippen LogP contribution in [0.2, 0.25) is 0 Å². The molecule has 0 unspecified atom stereocenters. The van der Waals surface area contributed by atoms with Crippen LogP contribution in [0.25, 0.3) is 0 Å². The van der Waals surface area contributed by atoms with E-state index in [0.717, 1.165) is 12.0 Å². The molecule has 1 rings (SSSR count). The first-order valence-electron chi connectivity index (χ1n) is 8.58. The normalized spacial score (nSPS) is 12.8. The molecule has 0 bridgehead atoms. The summed E-state index contributed by atoms with van der Waals surface area (Å²) in [6.07, 6.45) is 0.659. The minimum Gasteiger partial charge on any atom is -0.294 e. The van der Waals surface area contributed by atoms with Crippen molar-refractivity contribution in [1.82, 2.24) is 0 Å². The van der Waals surface area contributed by atoms with Gasteiger partial charge >= 0.3 is 0 Å². The Hall–Kier alpha value is -1.30. The summed E-state index contributed by atoms with van der Waals surface area (Å²) in [6, 6.07) is 6.16. The van der Waals surface area contributed by atoms with Gasteiger partial charge in [-0.1, -0.05) is 29.3 Å². The lowest BCUT2D eigenvalue weighted by atomic mass is 9.97. The minimum absolute atomic E-state index is 0.0161. The number of ketones is 2. The molecule has 0 radical (unpaired) electrons. The molecule has 0 aliphatic heterocycles. The lowest BCUT2D eigenvalue weighted by Gasteiger charge is -2.20. The molecule has 0 aliphatic rings. The van der Waals surface area contributed by atoms with E-state index in [1.165, 1.54) is 26.0 Å². The Kier molecular flexibility index (Phi) is 8.79. The van der Waals surface area contributed by atoms with Gasteiger partial charge in [0.25, 0.3) is 10.1 Å². The molecule has 10 heteroatoms. The van der Waals surface area contributed by atoms with Crippen molar-refractivity contribution in [3.05, 3.63) is 35.4 Å². The summed E-state index contributed by atoms with van der Waals surface area (Å²) in [5, 5.41) is 11.8. The lowest BCUT2D eigenvalue weighted by molar-refractivity contribution is -0.432. The first-order chi connectivity index (χ1) is 12.8. The maximum atomic E-state index is 12.3. The summed E-state index contributed by atoms with van der Waals surface area (Å²) in [7, 11) is -4.25. The summed E-state index contributed by atoms with van der Waals surface area (Å²) < 4.78 is 34.3. The highest BCUT2D eigenvalue weighted by Gasteiger charge is 2.33. The van der Waals surface area contributed by atoms with E-state index in [4.69, 9.17) is 5.26 Å². The van der Waals surface area contributed by atoms with Crippen LogP contribution < -0.4 is 0 Å². The predicted molar refractivity (Wildman–Crippen MR) is 106 cm³/mol. The highest BCUT2D eigenvalue weighted by Crippen LogP contribution is 2.30. The van der Waals surface area contributed by atoms with Crippen LogP contribution in [0, 0.1) is 0 Å². The Balaban J connectivity index is 2.65. The molecule has 8 nitrogen and oxygen atoms in total. The van der Waals surface area contributed by atoms with E-state index in [1.807, 2.05) is 13.8 Å². The van der Waals surface area contributed by atoms with Crippen LogP contribution in [0.1, 0.15) is 74.1 Å². The predicted octanol–water partition coefficient (Wildman–Crippen LogP) is 4.13. The Morgan fingerprint density at radius 1 is 0.964 bits per heavy atom. The van der Waals surface area contributed by atoms with E-state index in [0.29, 0.717) is 17.5 Å². The first kappa shape index (κ1) is 24.7. The van der Waals surface area contributed by atoms with Gasteiger partial charge in [-0.25, -0.2) is 5.26 Å². The van der Waals surface area contributed by atoms with E-state index in [9.17, 15) is 22.6 Å². The molecule has 0 fully saturated rings. The van der Waals surface area contributed by atoms with E-state index < -0.39 is 19.6 Å². The number of carbonyl (C=O) groups excluding carboxylic acids is 2. The van der Waals surface area contributed by atoms with Gasteiger partial charge in [0.05, 0.1) is 4.75 Å². The van der Waals surface area contributed by atoms with E-state index in [1.54, 1.807) is 12.1 Å². The van der Waals surface area contributed by atoms with Crippen LogP contribution in [0.4, 0.5) is 0 Å².